The van der Waals surface area contributed by atoms with Crippen LogP contribution in [0.5, 0.6) is 5.75 Å². The van der Waals surface area contributed by atoms with E-state index in [-0.39, 0.29) is 34.4 Å². The summed E-state index contributed by atoms with van der Waals surface area (Å²) in [5, 5.41) is 14.7. The second kappa shape index (κ2) is 7.44. The van der Waals surface area contributed by atoms with Crippen LogP contribution in [0.4, 0.5) is 5.82 Å². The molecule has 1 saturated heterocycles. The molecule has 1 atom stereocenters. The number of amides is 1. The van der Waals surface area contributed by atoms with Crippen molar-refractivity contribution in [2.45, 2.75) is 47.1 Å². The van der Waals surface area contributed by atoms with Crippen molar-refractivity contribution in [1.29, 1.82) is 0 Å². The molecular weight excluding hydrogens is 412 g/mol. The van der Waals surface area contributed by atoms with E-state index in [9.17, 15) is 9.90 Å². The zero-order valence-corrected chi connectivity index (χ0v) is 20.0. The predicted molar refractivity (Wildman–Crippen MR) is 131 cm³/mol. The number of aromatic hydroxyl groups is 1. The molecular formula is C27H32N4O2. The van der Waals surface area contributed by atoms with Crippen LogP contribution in [0, 0.1) is 23.7 Å². The number of hydrogen-bond donors (Lipinski definition) is 2. The van der Waals surface area contributed by atoms with E-state index < -0.39 is 0 Å². The van der Waals surface area contributed by atoms with E-state index in [1.54, 1.807) is 12.1 Å². The Morgan fingerprint density at radius 1 is 1.09 bits per heavy atom. The normalized spacial score (nSPS) is 21.4. The molecule has 2 fully saturated rings. The molecule has 1 saturated carbocycles. The van der Waals surface area contributed by atoms with Crippen molar-refractivity contribution in [1.82, 2.24) is 15.3 Å². The Bertz CT molecular complexity index is 1240. The number of anilines is 1. The molecule has 33 heavy (non-hydrogen) atoms. The topological polar surface area (TPSA) is 78.4 Å². The first-order valence-electron chi connectivity index (χ1n) is 11.7. The Labute approximate surface area is 195 Å². The van der Waals surface area contributed by atoms with Crippen LogP contribution in [-0.4, -0.2) is 40.1 Å². The molecule has 172 valence electrons. The number of para-hydroxylation sites is 1. The Morgan fingerprint density at radius 2 is 1.82 bits per heavy atom. The molecule has 1 aliphatic carbocycles. The molecule has 3 aromatic rings. The van der Waals surface area contributed by atoms with Crippen LogP contribution >= 0.6 is 0 Å². The first-order chi connectivity index (χ1) is 15.6. The minimum atomic E-state index is 0.0304. The molecule has 0 radical (unpaired) electrons. The number of rotatable bonds is 4. The van der Waals surface area contributed by atoms with Gasteiger partial charge in [-0.1, -0.05) is 45.9 Å². The van der Waals surface area contributed by atoms with Crippen LogP contribution in [0.3, 0.4) is 0 Å². The number of aromatic nitrogens is 2. The first kappa shape index (κ1) is 21.7. The standard InChI is InChI=1S/C27H32N4O2/c1-16-10-11-18-20(14-16)29-23(19-8-6-7-9-21(19)32)30-24(18)31-13-12-17(15-31)28-25(33)22-26(2,3)27(22,4)5/h6-11,14,17,22,32H,12-13,15H2,1-5H3,(H,28,33). The van der Waals surface area contributed by atoms with Crippen LogP contribution in [-0.2, 0) is 4.79 Å². The van der Waals surface area contributed by atoms with Gasteiger partial charge in [0.15, 0.2) is 5.82 Å². The molecule has 5 rings (SSSR count). The van der Waals surface area contributed by atoms with Crippen molar-refractivity contribution in [3.8, 4) is 17.1 Å². The van der Waals surface area contributed by atoms with E-state index in [4.69, 9.17) is 9.97 Å². The summed E-state index contributed by atoms with van der Waals surface area (Å²) in [4.78, 5) is 24.9. The van der Waals surface area contributed by atoms with Gasteiger partial charge in [-0.2, -0.15) is 0 Å². The maximum absolute atomic E-state index is 13.0. The second-order valence-corrected chi connectivity index (χ2v) is 10.7. The van der Waals surface area contributed by atoms with Gasteiger partial charge < -0.3 is 15.3 Å². The molecule has 0 bridgehead atoms. The highest BCUT2D eigenvalue weighted by atomic mass is 16.3. The van der Waals surface area contributed by atoms with Gasteiger partial charge >= 0.3 is 0 Å². The minimum absolute atomic E-state index is 0.0304. The number of nitrogens with one attached hydrogen (secondary N) is 1. The van der Waals surface area contributed by atoms with E-state index in [0.717, 1.165) is 35.2 Å². The summed E-state index contributed by atoms with van der Waals surface area (Å²) in [5.74, 6) is 1.73. The summed E-state index contributed by atoms with van der Waals surface area (Å²) < 4.78 is 0. The van der Waals surface area contributed by atoms with Gasteiger partial charge in [0.1, 0.15) is 11.6 Å². The molecule has 2 aliphatic rings. The van der Waals surface area contributed by atoms with Gasteiger partial charge in [-0.15, -0.1) is 0 Å². The van der Waals surface area contributed by atoms with E-state index in [1.165, 1.54) is 0 Å². The summed E-state index contributed by atoms with van der Waals surface area (Å²) >= 11 is 0. The minimum Gasteiger partial charge on any atom is -0.507 e. The number of nitrogens with zero attached hydrogens (tertiary/aromatic N) is 3. The van der Waals surface area contributed by atoms with Crippen molar-refractivity contribution in [3.63, 3.8) is 0 Å². The highest BCUT2D eigenvalue weighted by Gasteiger charge is 2.68. The van der Waals surface area contributed by atoms with Gasteiger partial charge in [-0.3, -0.25) is 4.79 Å². The van der Waals surface area contributed by atoms with Crippen LogP contribution in [0.15, 0.2) is 42.5 Å². The zero-order valence-electron chi connectivity index (χ0n) is 20.0. The summed E-state index contributed by atoms with van der Waals surface area (Å²) in [7, 11) is 0. The molecule has 1 aromatic heterocycles. The summed E-state index contributed by atoms with van der Waals surface area (Å²) in [6.07, 6.45) is 0.878. The average Bonchev–Trinajstić information content (AvgIpc) is 3.04. The Hall–Kier alpha value is -3.15. The third-order valence-corrected chi connectivity index (χ3v) is 8.09. The van der Waals surface area contributed by atoms with Crippen molar-refractivity contribution in [2.75, 3.05) is 18.0 Å². The van der Waals surface area contributed by atoms with Crippen molar-refractivity contribution < 1.29 is 9.90 Å². The zero-order chi connectivity index (χ0) is 23.5. The van der Waals surface area contributed by atoms with Crippen LogP contribution in [0.1, 0.15) is 39.7 Å². The molecule has 6 heteroatoms. The van der Waals surface area contributed by atoms with Gasteiger partial charge in [-0.25, -0.2) is 9.97 Å². The van der Waals surface area contributed by atoms with Gasteiger partial charge in [0.25, 0.3) is 0 Å². The number of hydrogen-bond acceptors (Lipinski definition) is 5. The van der Waals surface area contributed by atoms with Crippen LogP contribution in [0.25, 0.3) is 22.3 Å². The Kier molecular flexibility index (Phi) is 4.89. The van der Waals surface area contributed by atoms with Crippen molar-refractivity contribution in [2.24, 2.45) is 16.7 Å². The van der Waals surface area contributed by atoms with Crippen molar-refractivity contribution in [3.05, 3.63) is 48.0 Å². The maximum atomic E-state index is 13.0. The van der Waals surface area contributed by atoms with Crippen LogP contribution < -0.4 is 10.2 Å². The average molecular weight is 445 g/mol. The first-order valence-corrected chi connectivity index (χ1v) is 11.7. The van der Waals surface area contributed by atoms with Gasteiger partial charge in [0, 0.05) is 30.4 Å². The predicted octanol–water partition coefficient (Wildman–Crippen LogP) is 4.69. The molecule has 6 nitrogen and oxygen atoms in total. The lowest BCUT2D eigenvalue weighted by Crippen LogP contribution is -2.39. The fourth-order valence-electron chi connectivity index (χ4n) is 5.45. The SMILES string of the molecule is Cc1ccc2c(N3CCC(NC(=O)C4C(C)(C)C4(C)C)C3)nc(-c3ccccc3O)nc2c1. The molecule has 0 spiro atoms. The lowest BCUT2D eigenvalue weighted by molar-refractivity contribution is -0.124. The number of aryl methyl sites for hydroxylation is 1. The van der Waals surface area contributed by atoms with Crippen LogP contribution in [0.2, 0.25) is 0 Å². The summed E-state index contributed by atoms with van der Waals surface area (Å²) in [6, 6.07) is 13.4. The Morgan fingerprint density at radius 3 is 2.52 bits per heavy atom. The lowest BCUT2D eigenvalue weighted by Gasteiger charge is -2.21. The smallest absolute Gasteiger partial charge is 0.224 e. The molecule has 2 aromatic carbocycles. The second-order valence-electron chi connectivity index (χ2n) is 10.7. The van der Waals surface area contributed by atoms with E-state index in [1.807, 2.05) is 19.1 Å². The quantitative estimate of drug-likeness (QED) is 0.610. The number of phenols is 1. The number of carbonyl (C=O) groups excluding carboxylic acids is 1. The summed E-state index contributed by atoms with van der Waals surface area (Å²) in [6.45, 7) is 12.3. The number of phenolic OH excluding ortho intramolecular Hbond substituents is 1. The highest BCUT2D eigenvalue weighted by Crippen LogP contribution is 2.68. The van der Waals surface area contributed by atoms with Crippen molar-refractivity contribution >= 4 is 22.6 Å². The van der Waals surface area contributed by atoms with Gasteiger partial charge in [0.2, 0.25) is 5.91 Å². The third kappa shape index (κ3) is 3.52. The molecule has 2 N–H and O–H groups in total. The molecule has 1 unspecified atom stereocenters. The maximum Gasteiger partial charge on any atom is 0.224 e. The summed E-state index contributed by atoms with van der Waals surface area (Å²) in [5.41, 5.74) is 2.65. The van der Waals surface area contributed by atoms with Gasteiger partial charge in [-0.05, 0) is 54.0 Å². The van der Waals surface area contributed by atoms with E-state index >= 15 is 0 Å². The fourth-order valence-corrected chi connectivity index (χ4v) is 5.45. The molecule has 1 aliphatic heterocycles. The Balaban J connectivity index is 1.44. The van der Waals surface area contributed by atoms with E-state index in [0.29, 0.717) is 17.9 Å². The number of fused-ring (bicyclic) bond motifs is 1. The van der Waals surface area contributed by atoms with E-state index in [2.05, 4.69) is 56.1 Å². The van der Waals surface area contributed by atoms with Gasteiger partial charge in [0.05, 0.1) is 11.1 Å². The third-order valence-electron chi connectivity index (χ3n) is 8.09. The monoisotopic (exact) mass is 444 g/mol. The largest absolute Gasteiger partial charge is 0.507 e. The number of carbonyl (C=O) groups is 1. The lowest BCUT2D eigenvalue weighted by atomic mass is 10.0. The molecule has 2 heterocycles. The molecule has 1 amide bonds. The number of benzene rings is 2. The fraction of sp³-hybridized carbons (Fsp3) is 0.444. The highest BCUT2D eigenvalue weighted by molar-refractivity contribution is 5.92.